The molecule has 4 heteroatoms. The molecule has 0 amide bonds. The van der Waals surface area contributed by atoms with E-state index in [1.165, 1.54) is 0 Å². The average molecular weight is 205 g/mol. The lowest BCUT2D eigenvalue weighted by Crippen LogP contribution is -2.34. The van der Waals surface area contributed by atoms with Gasteiger partial charge in [0.1, 0.15) is 0 Å². The molecule has 1 N–H and O–H groups in total. The number of hydrogen-bond donors (Lipinski definition) is 1. The first-order valence-electron chi connectivity index (χ1n) is 5.18. The molecule has 0 aromatic rings. The van der Waals surface area contributed by atoms with Crippen molar-refractivity contribution in [3.8, 4) is 0 Å². The molecule has 0 aromatic carbocycles. The van der Waals surface area contributed by atoms with Crippen LogP contribution in [-0.2, 0) is 8.85 Å². The minimum absolute atomic E-state index is 0.551. The summed E-state index contributed by atoms with van der Waals surface area (Å²) in [6.07, 6.45) is 1.14. The normalized spacial score (nSPS) is 13.6. The van der Waals surface area contributed by atoms with Crippen molar-refractivity contribution in [1.29, 1.82) is 0 Å². The van der Waals surface area contributed by atoms with Gasteiger partial charge in [0.05, 0.1) is 0 Å². The van der Waals surface area contributed by atoms with Crippen LogP contribution in [0.3, 0.4) is 0 Å². The summed E-state index contributed by atoms with van der Waals surface area (Å²) < 4.78 is 11.2. The molecule has 0 bridgehead atoms. The molecule has 0 saturated carbocycles. The van der Waals surface area contributed by atoms with E-state index in [1.54, 1.807) is 0 Å². The third-order valence-corrected chi connectivity index (χ3v) is 4.45. The molecular formula is C9H23NO2Si. The molecule has 0 aliphatic rings. The highest BCUT2D eigenvalue weighted by Gasteiger charge is 2.16. The highest BCUT2D eigenvalue weighted by Crippen LogP contribution is 2.05. The van der Waals surface area contributed by atoms with Crippen LogP contribution in [0.2, 0.25) is 6.04 Å². The zero-order valence-corrected chi connectivity index (χ0v) is 10.5. The summed E-state index contributed by atoms with van der Waals surface area (Å²) >= 11 is 0. The van der Waals surface area contributed by atoms with Crippen molar-refractivity contribution >= 4 is 9.28 Å². The van der Waals surface area contributed by atoms with Gasteiger partial charge < -0.3 is 14.2 Å². The largest absolute Gasteiger partial charge is 0.397 e. The van der Waals surface area contributed by atoms with Crippen LogP contribution in [0.5, 0.6) is 0 Å². The monoisotopic (exact) mass is 205 g/mol. The fraction of sp³-hybridized carbons (Fsp3) is 1.00. The summed E-state index contributed by atoms with van der Waals surface area (Å²) in [4.78, 5) is 0. The van der Waals surface area contributed by atoms with Crippen molar-refractivity contribution in [2.75, 3.05) is 20.3 Å². The predicted octanol–water partition coefficient (Wildman–Crippen LogP) is 1.28. The van der Waals surface area contributed by atoms with Gasteiger partial charge in [-0.3, -0.25) is 0 Å². The average Bonchev–Trinajstić information content (AvgIpc) is 2.14. The van der Waals surface area contributed by atoms with Crippen molar-refractivity contribution in [2.24, 2.45) is 0 Å². The molecule has 0 aromatic heterocycles. The Morgan fingerprint density at radius 3 is 2.00 bits per heavy atom. The quantitative estimate of drug-likeness (QED) is 0.606. The zero-order chi connectivity index (χ0) is 10.1. The topological polar surface area (TPSA) is 30.5 Å². The summed E-state index contributed by atoms with van der Waals surface area (Å²) in [5.41, 5.74) is 0. The summed E-state index contributed by atoms with van der Waals surface area (Å²) in [6.45, 7) is 7.79. The Morgan fingerprint density at radius 1 is 1.15 bits per heavy atom. The van der Waals surface area contributed by atoms with E-state index in [2.05, 4.69) is 12.2 Å². The second-order valence-electron chi connectivity index (χ2n) is 2.97. The van der Waals surface area contributed by atoms with Crippen molar-refractivity contribution in [3.63, 3.8) is 0 Å². The molecule has 13 heavy (non-hydrogen) atoms. The molecule has 1 atom stereocenters. The Hall–Kier alpha value is 0.0969. The number of nitrogens with one attached hydrogen (secondary N) is 1. The zero-order valence-electron chi connectivity index (χ0n) is 9.30. The maximum Gasteiger partial charge on any atom is 0.322 e. The molecule has 0 radical (unpaired) electrons. The van der Waals surface area contributed by atoms with E-state index in [9.17, 15) is 0 Å². The van der Waals surface area contributed by atoms with Gasteiger partial charge in [0.2, 0.25) is 0 Å². The van der Waals surface area contributed by atoms with E-state index in [1.807, 2.05) is 20.9 Å². The van der Waals surface area contributed by atoms with Crippen LogP contribution in [0.4, 0.5) is 0 Å². The number of hydrogen-bond acceptors (Lipinski definition) is 3. The summed E-state index contributed by atoms with van der Waals surface area (Å²) in [7, 11) is 0.608. The van der Waals surface area contributed by atoms with Gasteiger partial charge in [-0.2, -0.15) is 0 Å². The molecule has 0 spiro atoms. The molecule has 0 aliphatic heterocycles. The van der Waals surface area contributed by atoms with Gasteiger partial charge in [-0.15, -0.1) is 0 Å². The van der Waals surface area contributed by atoms with Gasteiger partial charge in [-0.1, -0.05) is 6.92 Å². The van der Waals surface area contributed by atoms with Gasteiger partial charge in [-0.05, 0) is 27.3 Å². The van der Waals surface area contributed by atoms with Gasteiger partial charge >= 0.3 is 9.28 Å². The van der Waals surface area contributed by atoms with E-state index >= 15 is 0 Å². The second-order valence-corrected chi connectivity index (χ2v) is 4.97. The van der Waals surface area contributed by atoms with Crippen LogP contribution in [0.1, 0.15) is 27.2 Å². The van der Waals surface area contributed by atoms with E-state index < -0.39 is 9.28 Å². The molecular weight excluding hydrogens is 182 g/mol. The van der Waals surface area contributed by atoms with Gasteiger partial charge in [0.25, 0.3) is 0 Å². The SMILES string of the molecule is CCO[SiH](CC(CC)NC)OCC. The first kappa shape index (κ1) is 13.1. The maximum atomic E-state index is 5.59. The molecule has 0 fully saturated rings. The summed E-state index contributed by atoms with van der Waals surface area (Å²) in [5.74, 6) is 0. The van der Waals surface area contributed by atoms with Crippen LogP contribution in [0.25, 0.3) is 0 Å². The van der Waals surface area contributed by atoms with Gasteiger partial charge in [-0.25, -0.2) is 0 Å². The van der Waals surface area contributed by atoms with Gasteiger partial charge in [0, 0.05) is 25.3 Å². The Morgan fingerprint density at radius 2 is 1.69 bits per heavy atom. The maximum absolute atomic E-state index is 5.59. The summed E-state index contributed by atoms with van der Waals surface area (Å²) in [6, 6.07) is 1.61. The Bertz CT molecular complexity index is 104. The minimum atomic E-state index is -1.39. The van der Waals surface area contributed by atoms with Crippen LogP contribution in [0.15, 0.2) is 0 Å². The van der Waals surface area contributed by atoms with Crippen molar-refractivity contribution in [1.82, 2.24) is 5.32 Å². The molecule has 3 nitrogen and oxygen atoms in total. The van der Waals surface area contributed by atoms with E-state index in [0.29, 0.717) is 6.04 Å². The number of rotatable bonds is 8. The molecule has 1 unspecified atom stereocenters. The predicted molar refractivity (Wildman–Crippen MR) is 58.3 cm³/mol. The van der Waals surface area contributed by atoms with Crippen LogP contribution in [0, 0.1) is 0 Å². The third-order valence-electron chi connectivity index (χ3n) is 2.08. The Labute approximate surface area is 83.7 Å². The van der Waals surface area contributed by atoms with Gasteiger partial charge in [0.15, 0.2) is 0 Å². The Kier molecular flexibility index (Phi) is 8.75. The second kappa shape index (κ2) is 8.68. The van der Waals surface area contributed by atoms with Crippen molar-refractivity contribution < 1.29 is 8.85 Å². The van der Waals surface area contributed by atoms with Crippen molar-refractivity contribution in [2.45, 2.75) is 39.3 Å². The van der Waals surface area contributed by atoms with Crippen molar-refractivity contribution in [3.05, 3.63) is 0 Å². The lowest BCUT2D eigenvalue weighted by atomic mass is 10.3. The fourth-order valence-electron chi connectivity index (χ4n) is 1.28. The smallest absolute Gasteiger partial charge is 0.322 e. The highest BCUT2D eigenvalue weighted by atomic mass is 28.3. The highest BCUT2D eigenvalue weighted by molar-refractivity contribution is 6.44. The Balaban J connectivity index is 3.76. The fourth-order valence-corrected chi connectivity index (χ4v) is 3.42. The third kappa shape index (κ3) is 6.21. The molecule has 80 valence electrons. The minimum Gasteiger partial charge on any atom is -0.397 e. The molecule has 0 saturated heterocycles. The standard InChI is InChI=1S/C9H23NO2Si/c1-5-9(10-4)8-13(11-6-2)12-7-3/h9-10,13H,5-8H2,1-4H3. The van der Waals surface area contributed by atoms with Crippen LogP contribution >= 0.6 is 0 Å². The summed E-state index contributed by atoms with van der Waals surface area (Å²) in [5, 5.41) is 3.27. The lowest BCUT2D eigenvalue weighted by Gasteiger charge is -2.20. The van der Waals surface area contributed by atoms with Crippen LogP contribution in [-0.4, -0.2) is 35.6 Å². The molecule has 0 aliphatic carbocycles. The first-order chi connectivity index (χ1) is 6.28. The van der Waals surface area contributed by atoms with E-state index in [0.717, 1.165) is 25.7 Å². The molecule has 0 heterocycles. The van der Waals surface area contributed by atoms with E-state index in [4.69, 9.17) is 8.85 Å². The van der Waals surface area contributed by atoms with E-state index in [-0.39, 0.29) is 0 Å². The lowest BCUT2D eigenvalue weighted by molar-refractivity contribution is 0.210. The first-order valence-corrected chi connectivity index (χ1v) is 6.94. The van der Waals surface area contributed by atoms with Crippen LogP contribution < -0.4 is 5.32 Å². The molecule has 0 rings (SSSR count).